The van der Waals surface area contributed by atoms with Crippen LogP contribution in [-0.4, -0.2) is 25.6 Å². The van der Waals surface area contributed by atoms with Gasteiger partial charge in [0.05, 0.1) is 23.5 Å². The Hall–Kier alpha value is -2.47. The quantitative estimate of drug-likeness (QED) is 0.808. The van der Waals surface area contributed by atoms with Crippen molar-refractivity contribution in [3.8, 4) is 0 Å². The fraction of sp³-hybridized carbons (Fsp3) is 0.0714. The van der Waals surface area contributed by atoms with E-state index in [4.69, 9.17) is 16.7 Å². The van der Waals surface area contributed by atoms with E-state index in [0.717, 1.165) is 5.56 Å². The monoisotopic (exact) mass is 305 g/mol. The lowest BCUT2D eigenvalue weighted by Gasteiger charge is -2.05. The average molecular weight is 306 g/mol. The van der Waals surface area contributed by atoms with E-state index in [1.165, 1.54) is 24.7 Å². The van der Waals surface area contributed by atoms with Crippen LogP contribution >= 0.6 is 11.6 Å². The van der Waals surface area contributed by atoms with E-state index in [1.54, 1.807) is 16.7 Å². The molecule has 2 heterocycles. The van der Waals surface area contributed by atoms with Gasteiger partial charge in [0, 0.05) is 6.20 Å². The molecule has 2 aromatic heterocycles. The number of hydrogen-bond acceptors (Lipinski definition) is 3. The lowest BCUT2D eigenvalue weighted by Crippen LogP contribution is -2.02. The number of aromatic carboxylic acids is 1. The number of carbonyl (C=O) groups is 1. The Balaban J connectivity index is 2.03. The van der Waals surface area contributed by atoms with Crippen LogP contribution in [0.15, 0.2) is 36.8 Å². The molecule has 21 heavy (non-hydrogen) atoms. The van der Waals surface area contributed by atoms with E-state index < -0.39 is 5.97 Å². The van der Waals surface area contributed by atoms with E-state index >= 15 is 0 Å². The van der Waals surface area contributed by atoms with Crippen LogP contribution in [0.1, 0.15) is 15.9 Å². The maximum absolute atomic E-state index is 12.9. The Bertz CT molecular complexity index is 830. The SMILES string of the molecule is O=C(O)c1cnc2c(ncn2Cc2ccc(F)cc2)c1Cl. The number of aromatic nitrogens is 3. The van der Waals surface area contributed by atoms with Crippen LogP contribution in [0, 0.1) is 5.82 Å². The summed E-state index contributed by atoms with van der Waals surface area (Å²) in [6, 6.07) is 6.07. The molecule has 3 aromatic rings. The maximum Gasteiger partial charge on any atom is 0.338 e. The van der Waals surface area contributed by atoms with Crippen LogP contribution in [0.2, 0.25) is 5.02 Å². The predicted octanol–water partition coefficient (Wildman–Crippen LogP) is 2.97. The number of rotatable bonds is 3. The molecule has 0 aliphatic heterocycles. The number of benzene rings is 1. The number of imidazole rings is 1. The van der Waals surface area contributed by atoms with Crippen molar-refractivity contribution in [2.45, 2.75) is 6.54 Å². The highest BCUT2D eigenvalue weighted by atomic mass is 35.5. The zero-order valence-corrected chi connectivity index (χ0v) is 11.4. The molecule has 0 spiro atoms. The van der Waals surface area contributed by atoms with Crippen LogP contribution in [0.5, 0.6) is 0 Å². The molecule has 1 N–H and O–H groups in total. The summed E-state index contributed by atoms with van der Waals surface area (Å²) in [5.41, 5.74) is 1.60. The maximum atomic E-state index is 12.9. The number of nitrogens with zero attached hydrogens (tertiary/aromatic N) is 3. The van der Waals surface area contributed by atoms with Crippen LogP contribution < -0.4 is 0 Å². The normalized spacial score (nSPS) is 11.0. The minimum absolute atomic E-state index is 0.0605. The van der Waals surface area contributed by atoms with Crippen LogP contribution in [0.4, 0.5) is 4.39 Å². The summed E-state index contributed by atoms with van der Waals surface area (Å²) in [5, 5.41) is 9.06. The Morgan fingerprint density at radius 2 is 2.00 bits per heavy atom. The fourth-order valence-electron chi connectivity index (χ4n) is 2.03. The Labute approximate surface area is 123 Å². The second-order valence-electron chi connectivity index (χ2n) is 4.46. The minimum atomic E-state index is -1.15. The van der Waals surface area contributed by atoms with Gasteiger partial charge >= 0.3 is 5.97 Å². The van der Waals surface area contributed by atoms with E-state index in [9.17, 15) is 9.18 Å². The van der Waals surface area contributed by atoms with Crippen LogP contribution in [-0.2, 0) is 6.54 Å². The van der Waals surface area contributed by atoms with Gasteiger partial charge in [-0.15, -0.1) is 0 Å². The van der Waals surface area contributed by atoms with Crippen molar-refractivity contribution in [1.82, 2.24) is 14.5 Å². The van der Waals surface area contributed by atoms with Crippen molar-refractivity contribution in [3.05, 3.63) is 58.8 Å². The largest absolute Gasteiger partial charge is 0.478 e. The van der Waals surface area contributed by atoms with Crippen molar-refractivity contribution in [2.75, 3.05) is 0 Å². The number of halogens is 2. The van der Waals surface area contributed by atoms with Crippen LogP contribution in [0.3, 0.4) is 0 Å². The van der Waals surface area contributed by atoms with Crippen molar-refractivity contribution in [1.29, 1.82) is 0 Å². The van der Waals surface area contributed by atoms with Gasteiger partial charge < -0.3 is 9.67 Å². The van der Waals surface area contributed by atoms with Gasteiger partial charge in [0.15, 0.2) is 5.65 Å². The number of hydrogen-bond donors (Lipinski definition) is 1. The molecule has 106 valence electrons. The summed E-state index contributed by atoms with van der Waals surface area (Å²) in [7, 11) is 0. The third-order valence-electron chi connectivity index (χ3n) is 3.07. The van der Waals surface area contributed by atoms with Gasteiger partial charge in [-0.1, -0.05) is 23.7 Å². The van der Waals surface area contributed by atoms with Crippen molar-refractivity contribution in [3.63, 3.8) is 0 Å². The van der Waals surface area contributed by atoms with Gasteiger partial charge in [0.1, 0.15) is 11.3 Å². The summed E-state index contributed by atoms with van der Waals surface area (Å²) < 4.78 is 14.6. The molecule has 0 radical (unpaired) electrons. The molecule has 0 unspecified atom stereocenters. The summed E-state index contributed by atoms with van der Waals surface area (Å²) in [6.45, 7) is 0.437. The zero-order chi connectivity index (χ0) is 15.0. The standard InChI is InChI=1S/C14H9ClFN3O2/c15-11-10(14(20)21)5-17-13-12(11)18-7-19(13)6-8-1-3-9(16)4-2-8/h1-5,7H,6H2,(H,20,21). The smallest absolute Gasteiger partial charge is 0.338 e. The average Bonchev–Trinajstić information content (AvgIpc) is 2.85. The zero-order valence-electron chi connectivity index (χ0n) is 10.6. The van der Waals surface area contributed by atoms with Gasteiger partial charge in [0.2, 0.25) is 0 Å². The van der Waals surface area contributed by atoms with Gasteiger partial charge in [-0.05, 0) is 17.7 Å². The first kappa shape index (κ1) is 13.5. The molecule has 7 heteroatoms. The second-order valence-corrected chi connectivity index (χ2v) is 4.84. The predicted molar refractivity (Wildman–Crippen MR) is 75.0 cm³/mol. The molecule has 0 aliphatic rings. The molecule has 3 rings (SSSR count). The first-order valence-corrected chi connectivity index (χ1v) is 6.41. The number of carboxylic acids is 1. The summed E-state index contributed by atoms with van der Waals surface area (Å²) >= 11 is 6.03. The molecule has 0 aliphatic carbocycles. The summed E-state index contributed by atoms with van der Waals surface area (Å²) in [4.78, 5) is 19.2. The Morgan fingerprint density at radius 3 is 2.67 bits per heavy atom. The van der Waals surface area contributed by atoms with Gasteiger partial charge in [0.25, 0.3) is 0 Å². The topological polar surface area (TPSA) is 68.0 Å². The highest BCUT2D eigenvalue weighted by Gasteiger charge is 2.16. The molecular formula is C14H9ClFN3O2. The molecular weight excluding hydrogens is 297 g/mol. The third kappa shape index (κ3) is 2.45. The van der Waals surface area contributed by atoms with Gasteiger partial charge in [-0.2, -0.15) is 0 Å². The molecule has 5 nitrogen and oxygen atoms in total. The number of fused-ring (bicyclic) bond motifs is 1. The lowest BCUT2D eigenvalue weighted by atomic mass is 10.2. The minimum Gasteiger partial charge on any atom is -0.478 e. The summed E-state index contributed by atoms with van der Waals surface area (Å²) in [6.07, 6.45) is 2.73. The second kappa shape index (κ2) is 5.14. The Kier molecular flexibility index (Phi) is 3.31. The third-order valence-corrected chi connectivity index (χ3v) is 3.45. The molecule has 0 saturated heterocycles. The first-order valence-electron chi connectivity index (χ1n) is 6.03. The molecule has 0 fully saturated rings. The van der Waals surface area contributed by atoms with Gasteiger partial charge in [-0.25, -0.2) is 19.2 Å². The fourth-order valence-corrected chi connectivity index (χ4v) is 2.29. The lowest BCUT2D eigenvalue weighted by molar-refractivity contribution is 0.0697. The van der Waals surface area contributed by atoms with Crippen molar-refractivity contribution < 1.29 is 14.3 Å². The number of pyridine rings is 1. The Morgan fingerprint density at radius 1 is 1.29 bits per heavy atom. The van der Waals surface area contributed by atoms with Crippen LogP contribution in [0.25, 0.3) is 11.2 Å². The molecule has 0 saturated carbocycles. The van der Waals surface area contributed by atoms with E-state index in [2.05, 4.69) is 9.97 Å². The number of carboxylic acid groups (broad SMARTS) is 1. The molecule has 0 amide bonds. The molecule has 0 bridgehead atoms. The molecule has 1 aromatic carbocycles. The first-order chi connectivity index (χ1) is 10.1. The van der Waals surface area contributed by atoms with E-state index in [0.29, 0.717) is 17.7 Å². The summed E-state index contributed by atoms with van der Waals surface area (Å²) in [5.74, 6) is -1.45. The van der Waals surface area contributed by atoms with Crippen molar-refractivity contribution in [2.24, 2.45) is 0 Å². The highest BCUT2D eigenvalue weighted by molar-refractivity contribution is 6.37. The van der Waals surface area contributed by atoms with Crippen molar-refractivity contribution >= 4 is 28.7 Å². The van der Waals surface area contributed by atoms with Gasteiger partial charge in [-0.3, -0.25) is 0 Å². The van der Waals surface area contributed by atoms with E-state index in [-0.39, 0.29) is 16.4 Å². The highest BCUT2D eigenvalue weighted by Crippen LogP contribution is 2.24. The van der Waals surface area contributed by atoms with E-state index in [1.807, 2.05) is 0 Å². The molecule has 0 atom stereocenters.